The van der Waals surface area contributed by atoms with Gasteiger partial charge in [0, 0.05) is 17.8 Å². The van der Waals surface area contributed by atoms with E-state index >= 15 is 0 Å². The molecule has 6 heteroatoms. The molecule has 0 saturated heterocycles. The van der Waals surface area contributed by atoms with Crippen LogP contribution < -0.4 is 10.1 Å². The average molecular weight is 283 g/mol. The molecule has 0 bridgehead atoms. The molecule has 6 nitrogen and oxygen atoms in total. The fourth-order valence-electron chi connectivity index (χ4n) is 1.65. The van der Waals surface area contributed by atoms with Crippen molar-refractivity contribution in [3.63, 3.8) is 0 Å². The van der Waals surface area contributed by atoms with Crippen molar-refractivity contribution < 1.29 is 14.1 Å². The summed E-state index contributed by atoms with van der Waals surface area (Å²) in [6.45, 7) is 1.74. The van der Waals surface area contributed by atoms with Gasteiger partial charge in [0.1, 0.15) is 23.2 Å². The summed E-state index contributed by atoms with van der Waals surface area (Å²) in [5.74, 6) is 1.21. The van der Waals surface area contributed by atoms with E-state index in [1.54, 1.807) is 37.3 Å². The Bertz CT molecular complexity index is 726. The second-order valence-corrected chi connectivity index (χ2v) is 4.20. The van der Waals surface area contributed by atoms with Crippen LogP contribution in [0, 0.1) is 18.3 Å². The van der Waals surface area contributed by atoms with E-state index in [2.05, 4.69) is 10.5 Å². The molecule has 0 amide bonds. The largest absolute Gasteiger partial charge is 0.497 e. The number of methoxy groups -OCH3 is 1. The summed E-state index contributed by atoms with van der Waals surface area (Å²) < 4.78 is 9.94. The Balaban J connectivity index is 2.20. The second kappa shape index (κ2) is 6.39. The van der Waals surface area contributed by atoms with Crippen LogP contribution in [-0.2, 0) is 0 Å². The molecule has 1 aromatic heterocycles. The molecule has 1 heterocycles. The van der Waals surface area contributed by atoms with Gasteiger partial charge in [0.2, 0.25) is 5.78 Å². The molecule has 0 atom stereocenters. The van der Waals surface area contributed by atoms with E-state index in [0.29, 0.717) is 22.9 Å². The molecule has 0 fully saturated rings. The summed E-state index contributed by atoms with van der Waals surface area (Å²) in [6, 6.07) is 10.1. The van der Waals surface area contributed by atoms with E-state index in [1.807, 2.05) is 6.07 Å². The van der Waals surface area contributed by atoms with Gasteiger partial charge in [-0.15, -0.1) is 0 Å². The van der Waals surface area contributed by atoms with E-state index in [0.717, 1.165) is 0 Å². The SMILES string of the molecule is COc1cccc(C(=O)/C(C#N)=C/Nc2cc(C)on2)c1. The van der Waals surface area contributed by atoms with Crippen molar-refractivity contribution in [2.45, 2.75) is 6.92 Å². The van der Waals surface area contributed by atoms with Gasteiger partial charge in [-0.2, -0.15) is 5.26 Å². The normalized spacial score (nSPS) is 10.8. The van der Waals surface area contributed by atoms with E-state index in [9.17, 15) is 4.79 Å². The van der Waals surface area contributed by atoms with Crippen LogP contribution in [-0.4, -0.2) is 18.0 Å². The highest BCUT2D eigenvalue weighted by molar-refractivity contribution is 6.11. The van der Waals surface area contributed by atoms with Gasteiger partial charge in [-0.25, -0.2) is 0 Å². The third-order valence-electron chi connectivity index (χ3n) is 2.69. The zero-order chi connectivity index (χ0) is 15.2. The molecular formula is C15H13N3O3. The number of benzene rings is 1. The lowest BCUT2D eigenvalue weighted by molar-refractivity contribution is 0.103. The summed E-state index contributed by atoms with van der Waals surface area (Å²) in [5, 5.41) is 15.6. The first-order valence-electron chi connectivity index (χ1n) is 6.13. The molecule has 21 heavy (non-hydrogen) atoms. The van der Waals surface area contributed by atoms with Crippen molar-refractivity contribution in [2.75, 3.05) is 12.4 Å². The number of carbonyl (C=O) groups excluding carboxylic acids is 1. The van der Waals surface area contributed by atoms with Crippen LogP contribution in [0.15, 0.2) is 46.6 Å². The van der Waals surface area contributed by atoms with Gasteiger partial charge in [-0.05, 0) is 19.1 Å². The maximum atomic E-state index is 12.2. The first-order chi connectivity index (χ1) is 10.1. The molecule has 0 spiro atoms. The highest BCUT2D eigenvalue weighted by Crippen LogP contribution is 2.16. The number of aromatic nitrogens is 1. The molecule has 0 unspecified atom stereocenters. The predicted octanol–water partition coefficient (Wildman–Crippen LogP) is 2.69. The van der Waals surface area contributed by atoms with Crippen LogP contribution >= 0.6 is 0 Å². The third-order valence-corrected chi connectivity index (χ3v) is 2.69. The fraction of sp³-hybridized carbons (Fsp3) is 0.133. The highest BCUT2D eigenvalue weighted by Gasteiger charge is 2.13. The zero-order valence-corrected chi connectivity index (χ0v) is 11.6. The van der Waals surface area contributed by atoms with Gasteiger partial charge >= 0.3 is 0 Å². The summed E-state index contributed by atoms with van der Waals surface area (Å²) in [4.78, 5) is 12.2. The quantitative estimate of drug-likeness (QED) is 0.515. The van der Waals surface area contributed by atoms with E-state index in [-0.39, 0.29) is 5.57 Å². The minimum absolute atomic E-state index is 0.0380. The molecule has 0 aliphatic rings. The molecule has 0 saturated carbocycles. The van der Waals surface area contributed by atoms with Crippen molar-refractivity contribution in [1.82, 2.24) is 5.16 Å². The molecule has 0 radical (unpaired) electrons. The number of Topliss-reactive ketones (excluding diaryl/α,β-unsaturated/α-hetero) is 1. The van der Waals surface area contributed by atoms with Crippen LogP contribution in [0.2, 0.25) is 0 Å². The minimum atomic E-state index is -0.399. The highest BCUT2D eigenvalue weighted by atomic mass is 16.5. The maximum absolute atomic E-state index is 12.2. The van der Waals surface area contributed by atoms with Crippen LogP contribution in [0.3, 0.4) is 0 Å². The smallest absolute Gasteiger partial charge is 0.205 e. The molecule has 106 valence electrons. The van der Waals surface area contributed by atoms with Crippen molar-refractivity contribution in [3.8, 4) is 11.8 Å². The second-order valence-electron chi connectivity index (χ2n) is 4.20. The predicted molar refractivity (Wildman–Crippen MR) is 75.9 cm³/mol. The lowest BCUT2D eigenvalue weighted by atomic mass is 10.1. The molecule has 1 N–H and O–H groups in total. The molecule has 1 aromatic carbocycles. The number of allylic oxidation sites excluding steroid dienone is 1. The van der Waals surface area contributed by atoms with E-state index in [1.165, 1.54) is 13.3 Å². The van der Waals surface area contributed by atoms with Gasteiger partial charge in [0.05, 0.1) is 7.11 Å². The summed E-state index contributed by atoms with van der Waals surface area (Å²) >= 11 is 0. The van der Waals surface area contributed by atoms with E-state index in [4.69, 9.17) is 14.5 Å². The van der Waals surface area contributed by atoms with Crippen molar-refractivity contribution in [2.24, 2.45) is 0 Å². The number of hydrogen-bond donors (Lipinski definition) is 1. The number of ether oxygens (including phenoxy) is 1. The Morgan fingerprint density at radius 1 is 1.48 bits per heavy atom. The van der Waals surface area contributed by atoms with Crippen LogP contribution in [0.25, 0.3) is 0 Å². The molecule has 0 aliphatic carbocycles. The van der Waals surface area contributed by atoms with Gasteiger partial charge in [0.15, 0.2) is 5.82 Å². The summed E-state index contributed by atoms with van der Waals surface area (Å²) in [7, 11) is 1.51. The van der Waals surface area contributed by atoms with Gasteiger partial charge < -0.3 is 14.6 Å². The lowest BCUT2D eigenvalue weighted by Crippen LogP contribution is -2.04. The number of anilines is 1. The number of nitriles is 1. The first-order valence-corrected chi connectivity index (χ1v) is 6.13. The monoisotopic (exact) mass is 283 g/mol. The van der Waals surface area contributed by atoms with Gasteiger partial charge in [-0.1, -0.05) is 17.3 Å². The molecule has 0 aliphatic heterocycles. The lowest BCUT2D eigenvalue weighted by Gasteiger charge is -2.03. The van der Waals surface area contributed by atoms with Crippen LogP contribution in [0.4, 0.5) is 5.82 Å². The van der Waals surface area contributed by atoms with Crippen molar-refractivity contribution >= 4 is 11.6 Å². The first kappa shape index (κ1) is 14.3. The standard InChI is InChI=1S/C15H13N3O3/c1-10-6-14(18-21-10)17-9-12(8-16)15(19)11-4-3-5-13(7-11)20-2/h3-7,9H,1-2H3,(H,17,18)/b12-9+. The Labute approximate surface area is 121 Å². The summed E-state index contributed by atoms with van der Waals surface area (Å²) in [6.07, 6.45) is 1.30. The number of nitrogens with one attached hydrogen (secondary N) is 1. The number of hydrogen-bond acceptors (Lipinski definition) is 6. The maximum Gasteiger partial charge on any atom is 0.205 e. The van der Waals surface area contributed by atoms with Crippen molar-refractivity contribution in [1.29, 1.82) is 5.26 Å². The molecule has 2 aromatic rings. The molecule has 2 rings (SSSR count). The average Bonchev–Trinajstić information content (AvgIpc) is 2.93. The number of aryl methyl sites for hydroxylation is 1. The number of nitrogens with zero attached hydrogens (tertiary/aromatic N) is 2. The minimum Gasteiger partial charge on any atom is -0.497 e. The topological polar surface area (TPSA) is 88.2 Å². The van der Waals surface area contributed by atoms with Crippen LogP contribution in [0.5, 0.6) is 5.75 Å². The number of ketones is 1. The van der Waals surface area contributed by atoms with Gasteiger partial charge in [-0.3, -0.25) is 4.79 Å². The Hall–Kier alpha value is -3.07. The summed E-state index contributed by atoms with van der Waals surface area (Å²) in [5.41, 5.74) is 0.337. The number of carbonyl (C=O) groups is 1. The van der Waals surface area contributed by atoms with Crippen LogP contribution in [0.1, 0.15) is 16.1 Å². The Kier molecular flexibility index (Phi) is 4.36. The van der Waals surface area contributed by atoms with E-state index < -0.39 is 5.78 Å². The van der Waals surface area contributed by atoms with Crippen molar-refractivity contribution in [3.05, 3.63) is 53.4 Å². The third kappa shape index (κ3) is 3.48. The Morgan fingerprint density at radius 2 is 2.29 bits per heavy atom. The zero-order valence-electron chi connectivity index (χ0n) is 11.6. The fourth-order valence-corrected chi connectivity index (χ4v) is 1.65. The Morgan fingerprint density at radius 3 is 2.90 bits per heavy atom. The van der Waals surface area contributed by atoms with Gasteiger partial charge in [0.25, 0.3) is 0 Å². The molecular weight excluding hydrogens is 270 g/mol. The number of rotatable bonds is 5.